The summed E-state index contributed by atoms with van der Waals surface area (Å²) >= 11 is 1.37. The Morgan fingerprint density at radius 2 is 1.67 bits per heavy atom. The van der Waals surface area contributed by atoms with Crippen molar-refractivity contribution in [2.75, 3.05) is 50.2 Å². The highest BCUT2D eigenvalue weighted by Crippen LogP contribution is 2.39. The van der Waals surface area contributed by atoms with Gasteiger partial charge in [-0.25, -0.2) is 13.6 Å². The number of amides is 2. The summed E-state index contributed by atoms with van der Waals surface area (Å²) in [6.07, 6.45) is -1.43. The summed E-state index contributed by atoms with van der Waals surface area (Å²) in [4.78, 5) is 22.1. The minimum atomic E-state index is -4.73. The van der Waals surface area contributed by atoms with Crippen LogP contribution in [0.25, 0.3) is 20.8 Å². The van der Waals surface area contributed by atoms with Crippen LogP contribution in [-0.4, -0.2) is 55.5 Å². The number of fused-ring (bicyclic) bond motifs is 1. The number of carbonyl (C=O) groups is 1. The van der Waals surface area contributed by atoms with E-state index in [-0.39, 0.29) is 11.4 Å². The van der Waals surface area contributed by atoms with Gasteiger partial charge in [0.05, 0.1) is 58.5 Å². The van der Waals surface area contributed by atoms with Gasteiger partial charge in [0.1, 0.15) is 11.6 Å². The third kappa shape index (κ3) is 9.90. The molecule has 0 saturated heterocycles. The number of rotatable bonds is 15. The van der Waals surface area contributed by atoms with Gasteiger partial charge < -0.3 is 35.9 Å². The first kappa shape index (κ1) is 35.6. The highest BCUT2D eigenvalue weighted by Gasteiger charge is 2.31. The summed E-state index contributed by atoms with van der Waals surface area (Å²) < 4.78 is 85.2. The predicted octanol–water partition coefficient (Wildman–Crippen LogP) is 7.17. The molecule has 49 heavy (non-hydrogen) atoms. The molecule has 0 atom stereocenters. The van der Waals surface area contributed by atoms with E-state index < -0.39 is 35.1 Å². The van der Waals surface area contributed by atoms with Crippen LogP contribution >= 0.6 is 11.3 Å². The molecule has 2 aromatic carbocycles. The molecule has 0 aliphatic rings. The SMILES string of the molecule is NCCOCCOCCNCc1ccc(-c2cc3nccc(Oc4ccc(NC(=O)Nc5cc(C(F)(F)F)ccc5F)cc4F)c3s2)nc1. The smallest absolute Gasteiger partial charge is 0.416 e. The molecule has 2 amide bonds. The summed E-state index contributed by atoms with van der Waals surface area (Å²) in [6.45, 7) is 3.86. The number of pyridine rings is 2. The fourth-order valence-electron chi connectivity index (χ4n) is 4.44. The average Bonchev–Trinajstić information content (AvgIpc) is 3.51. The quantitative estimate of drug-likeness (QED) is 0.0667. The number of nitrogens with two attached hydrogens (primary N) is 1. The number of hydrogen-bond acceptors (Lipinski definition) is 9. The number of nitrogens with zero attached hydrogens (tertiary/aromatic N) is 2. The molecule has 258 valence electrons. The minimum Gasteiger partial charge on any atom is -0.453 e. The van der Waals surface area contributed by atoms with Crippen molar-refractivity contribution >= 4 is 39.0 Å². The Morgan fingerprint density at radius 3 is 2.41 bits per heavy atom. The van der Waals surface area contributed by atoms with Gasteiger partial charge in [-0.3, -0.25) is 9.97 Å². The number of urea groups is 1. The molecule has 0 fully saturated rings. The summed E-state index contributed by atoms with van der Waals surface area (Å²) in [7, 11) is 0. The van der Waals surface area contributed by atoms with Crippen molar-refractivity contribution in [1.29, 1.82) is 0 Å². The fraction of sp³-hybridized carbons (Fsp3) is 0.242. The predicted molar refractivity (Wildman–Crippen MR) is 176 cm³/mol. The molecular weight excluding hydrogens is 671 g/mol. The van der Waals surface area contributed by atoms with Crippen molar-refractivity contribution in [1.82, 2.24) is 15.3 Å². The Bertz CT molecular complexity index is 1870. The zero-order valence-corrected chi connectivity index (χ0v) is 26.6. The van der Waals surface area contributed by atoms with E-state index >= 15 is 4.39 Å². The fourth-order valence-corrected chi connectivity index (χ4v) is 5.48. The summed E-state index contributed by atoms with van der Waals surface area (Å²) in [6, 6.07) is 11.4. The molecule has 0 radical (unpaired) electrons. The summed E-state index contributed by atoms with van der Waals surface area (Å²) in [5.41, 5.74) is 5.83. The van der Waals surface area contributed by atoms with Crippen molar-refractivity contribution in [3.63, 3.8) is 0 Å². The number of carbonyl (C=O) groups excluding carboxylic acids is 1. The zero-order valence-electron chi connectivity index (χ0n) is 25.8. The topological polar surface area (TPSA) is 133 Å². The van der Waals surface area contributed by atoms with Crippen LogP contribution in [0.4, 0.5) is 38.1 Å². The second-order valence-corrected chi connectivity index (χ2v) is 11.4. The summed E-state index contributed by atoms with van der Waals surface area (Å²) in [5, 5.41) is 7.57. The number of thiophene rings is 1. The Balaban J connectivity index is 1.17. The molecule has 0 spiro atoms. The normalized spacial score (nSPS) is 11.6. The maximum atomic E-state index is 15.1. The number of benzene rings is 2. The van der Waals surface area contributed by atoms with E-state index in [0.717, 1.165) is 22.2 Å². The number of nitrogens with one attached hydrogen (secondary N) is 3. The molecule has 16 heteroatoms. The molecule has 5 rings (SSSR count). The van der Waals surface area contributed by atoms with Crippen molar-refractivity contribution in [2.45, 2.75) is 12.7 Å². The first-order valence-electron chi connectivity index (χ1n) is 14.9. The lowest BCUT2D eigenvalue weighted by molar-refractivity contribution is -0.137. The average molecular weight is 703 g/mol. The molecule has 0 saturated carbocycles. The second kappa shape index (κ2) is 16.6. The molecule has 0 unspecified atom stereocenters. The zero-order chi connectivity index (χ0) is 34.8. The lowest BCUT2D eigenvalue weighted by Gasteiger charge is -2.12. The van der Waals surface area contributed by atoms with E-state index in [9.17, 15) is 22.4 Å². The number of ether oxygens (including phenoxy) is 3. The van der Waals surface area contributed by atoms with Gasteiger partial charge in [-0.2, -0.15) is 13.2 Å². The van der Waals surface area contributed by atoms with Crippen molar-refractivity contribution in [2.24, 2.45) is 5.73 Å². The Labute approximate surface area is 281 Å². The van der Waals surface area contributed by atoms with Crippen LogP contribution < -0.4 is 26.4 Å². The first-order chi connectivity index (χ1) is 23.6. The molecule has 3 aromatic heterocycles. The first-order valence-corrected chi connectivity index (χ1v) is 15.7. The maximum Gasteiger partial charge on any atom is 0.416 e. The van der Waals surface area contributed by atoms with E-state index in [2.05, 4.69) is 20.6 Å². The Hall–Kier alpha value is -4.74. The van der Waals surface area contributed by atoms with E-state index in [1.54, 1.807) is 12.3 Å². The van der Waals surface area contributed by atoms with Crippen LogP contribution in [0, 0.1) is 11.6 Å². The maximum absolute atomic E-state index is 15.1. The molecule has 10 nitrogen and oxygen atoms in total. The lowest BCUT2D eigenvalue weighted by Crippen LogP contribution is -2.20. The molecule has 0 aliphatic heterocycles. The molecular formula is C33H31F5N6O4S. The van der Waals surface area contributed by atoms with E-state index in [0.29, 0.717) is 80.2 Å². The van der Waals surface area contributed by atoms with Gasteiger partial charge in [0.15, 0.2) is 11.6 Å². The van der Waals surface area contributed by atoms with Crippen LogP contribution in [0.15, 0.2) is 73.1 Å². The molecule has 5 aromatic rings. The lowest BCUT2D eigenvalue weighted by atomic mass is 10.2. The standard InChI is InChI=1S/C33H31F5N6O4S/c34-23-4-2-21(33(36,37)38)15-26(23)44-32(45)43-22-3-6-28(24(35)16-22)48-29-7-9-41-27-17-30(49-31(27)29)25-5-1-20(19-42-25)18-40-10-12-47-14-13-46-11-8-39/h1-7,9,15-17,19,40H,8,10-14,18,39H2,(H2,43,44,45). The molecule has 3 heterocycles. The van der Waals surface area contributed by atoms with Gasteiger partial charge in [-0.1, -0.05) is 6.07 Å². The Kier molecular flexibility index (Phi) is 12.0. The van der Waals surface area contributed by atoms with Gasteiger partial charge in [-0.15, -0.1) is 11.3 Å². The van der Waals surface area contributed by atoms with Gasteiger partial charge in [0.2, 0.25) is 0 Å². The van der Waals surface area contributed by atoms with E-state index in [1.165, 1.54) is 29.7 Å². The molecule has 5 N–H and O–H groups in total. The van der Waals surface area contributed by atoms with Crippen LogP contribution in [-0.2, 0) is 22.2 Å². The third-order valence-corrected chi connectivity index (χ3v) is 7.95. The Morgan fingerprint density at radius 1 is 0.857 bits per heavy atom. The highest BCUT2D eigenvalue weighted by atomic mass is 32.1. The van der Waals surface area contributed by atoms with Crippen LogP contribution in [0.1, 0.15) is 11.1 Å². The number of anilines is 2. The van der Waals surface area contributed by atoms with Gasteiger partial charge in [-0.05, 0) is 48.0 Å². The molecule has 0 aliphatic carbocycles. The minimum absolute atomic E-state index is 0.0461. The second-order valence-electron chi connectivity index (χ2n) is 10.4. The van der Waals surface area contributed by atoms with Gasteiger partial charge in [0.25, 0.3) is 0 Å². The van der Waals surface area contributed by atoms with Gasteiger partial charge in [0, 0.05) is 49.8 Å². The monoisotopic (exact) mass is 702 g/mol. The van der Waals surface area contributed by atoms with E-state index in [4.69, 9.17) is 19.9 Å². The van der Waals surface area contributed by atoms with Crippen LogP contribution in [0.2, 0.25) is 0 Å². The van der Waals surface area contributed by atoms with Crippen molar-refractivity contribution in [3.8, 4) is 22.1 Å². The summed E-state index contributed by atoms with van der Waals surface area (Å²) in [5.74, 6) is -1.72. The molecule has 0 bridgehead atoms. The number of alkyl halides is 3. The van der Waals surface area contributed by atoms with Gasteiger partial charge >= 0.3 is 12.2 Å². The largest absolute Gasteiger partial charge is 0.453 e. The van der Waals surface area contributed by atoms with Crippen molar-refractivity contribution < 1.29 is 41.0 Å². The third-order valence-electron chi connectivity index (χ3n) is 6.79. The van der Waals surface area contributed by atoms with Crippen LogP contribution in [0.3, 0.4) is 0 Å². The van der Waals surface area contributed by atoms with Crippen LogP contribution in [0.5, 0.6) is 11.5 Å². The number of halogens is 5. The van der Waals surface area contributed by atoms with Crippen molar-refractivity contribution in [3.05, 3.63) is 95.8 Å². The number of hydrogen-bond donors (Lipinski definition) is 4. The highest BCUT2D eigenvalue weighted by molar-refractivity contribution is 7.22. The van der Waals surface area contributed by atoms with E-state index in [1.807, 2.05) is 23.5 Å². The number of aromatic nitrogens is 2.